The number of rotatable bonds is 3. The molecule has 0 spiro atoms. The second-order valence-corrected chi connectivity index (χ2v) is 7.33. The molecule has 0 saturated carbocycles. The summed E-state index contributed by atoms with van der Waals surface area (Å²) in [6.45, 7) is 11.1. The van der Waals surface area contributed by atoms with E-state index in [4.69, 9.17) is 4.43 Å². The fourth-order valence-corrected chi connectivity index (χ4v) is 1.14. The van der Waals surface area contributed by atoms with Gasteiger partial charge in [-0.3, -0.25) is 0 Å². The molecule has 0 amide bonds. The zero-order valence-electron chi connectivity index (χ0n) is 7.03. The molecule has 50 valence electrons. The van der Waals surface area contributed by atoms with Crippen LogP contribution < -0.4 is 18.9 Å². The first-order chi connectivity index (χ1) is 3.56. The second-order valence-electron chi connectivity index (χ2n) is 2.81. The van der Waals surface area contributed by atoms with Crippen LogP contribution in [0.15, 0.2) is 0 Å². The molecule has 0 fully saturated rings. The molecule has 0 aliphatic rings. The van der Waals surface area contributed by atoms with Crippen molar-refractivity contribution >= 4 is 8.32 Å². The Bertz CT molecular complexity index is 60.6. The van der Waals surface area contributed by atoms with Crippen LogP contribution >= 0.6 is 0 Å². The largest absolute Gasteiger partial charge is 1.00 e. The van der Waals surface area contributed by atoms with Crippen LogP contribution in [-0.2, 0) is 4.43 Å². The molecule has 0 aromatic heterocycles. The first-order valence-corrected chi connectivity index (χ1v) is 6.40. The molecule has 0 radical (unpaired) electrons. The first kappa shape index (κ1) is 12.5. The zero-order chi connectivity index (χ0) is 6.62. The molecule has 0 unspecified atom stereocenters. The summed E-state index contributed by atoms with van der Waals surface area (Å²) in [5, 5.41) is 0. The molecule has 0 rings (SSSR count). The normalized spacial score (nSPS) is 10.7. The molecule has 0 aliphatic carbocycles. The van der Waals surface area contributed by atoms with Crippen LogP contribution in [0.1, 0.15) is 6.42 Å². The van der Waals surface area contributed by atoms with Crippen LogP contribution in [-0.4, -0.2) is 14.9 Å². The maximum absolute atomic E-state index is 5.45. The Morgan fingerprint density at radius 2 is 1.78 bits per heavy atom. The van der Waals surface area contributed by atoms with Gasteiger partial charge in [-0.05, 0) is 19.6 Å². The summed E-state index contributed by atoms with van der Waals surface area (Å²) in [5.41, 5.74) is 0. The maximum Gasteiger partial charge on any atom is 1.00 e. The molecule has 0 atom stereocenters. The van der Waals surface area contributed by atoms with Crippen molar-refractivity contribution in [1.29, 1.82) is 0 Å². The molecule has 0 aromatic rings. The molecule has 0 aliphatic heterocycles. The van der Waals surface area contributed by atoms with Gasteiger partial charge in [0, 0.05) is 6.61 Å². The maximum atomic E-state index is 5.45. The van der Waals surface area contributed by atoms with Crippen molar-refractivity contribution in [3.63, 3.8) is 0 Å². The Hall–Kier alpha value is 0.774. The van der Waals surface area contributed by atoms with Gasteiger partial charge in [0.2, 0.25) is 0 Å². The van der Waals surface area contributed by atoms with Gasteiger partial charge in [-0.1, -0.05) is 0 Å². The van der Waals surface area contributed by atoms with Gasteiger partial charge < -0.3 is 11.3 Å². The van der Waals surface area contributed by atoms with Gasteiger partial charge in [0.15, 0.2) is 8.32 Å². The average molecular weight is 138 g/mol. The van der Waals surface area contributed by atoms with Gasteiger partial charge in [-0.15, -0.1) is 0 Å². The van der Waals surface area contributed by atoms with Crippen molar-refractivity contribution in [2.45, 2.75) is 26.1 Å². The van der Waals surface area contributed by atoms with Gasteiger partial charge in [-0.25, -0.2) is 0 Å². The molecule has 9 heavy (non-hydrogen) atoms. The quantitative estimate of drug-likeness (QED) is 0.361. The van der Waals surface area contributed by atoms with E-state index in [0.29, 0.717) is 0 Å². The Morgan fingerprint density at radius 1 is 1.33 bits per heavy atom. The Kier molecular flexibility index (Phi) is 7.68. The van der Waals surface area contributed by atoms with Crippen molar-refractivity contribution in [2.24, 2.45) is 0 Å². The van der Waals surface area contributed by atoms with E-state index >= 15 is 0 Å². The SMILES string of the molecule is [CH2-]CCO[Si](C)(C)C.[Li+]. The fourth-order valence-electron chi connectivity index (χ4n) is 0.378. The van der Waals surface area contributed by atoms with Crippen LogP contribution in [0.4, 0.5) is 0 Å². The monoisotopic (exact) mass is 138 g/mol. The van der Waals surface area contributed by atoms with Gasteiger partial charge in [0.05, 0.1) is 0 Å². The summed E-state index contributed by atoms with van der Waals surface area (Å²) in [6.07, 6.45) is 0.893. The predicted octanol–water partition coefficient (Wildman–Crippen LogP) is -0.934. The van der Waals surface area contributed by atoms with Crippen LogP contribution in [0, 0.1) is 6.92 Å². The third kappa shape index (κ3) is 12.1. The van der Waals surface area contributed by atoms with E-state index in [2.05, 4.69) is 26.6 Å². The third-order valence-electron chi connectivity index (χ3n) is 0.679. The summed E-state index contributed by atoms with van der Waals surface area (Å²) >= 11 is 0. The third-order valence-corrected chi connectivity index (χ3v) is 1.75. The van der Waals surface area contributed by atoms with E-state index in [1.165, 1.54) is 0 Å². The molecule has 0 aromatic carbocycles. The minimum atomic E-state index is -1.22. The van der Waals surface area contributed by atoms with Crippen molar-refractivity contribution in [1.82, 2.24) is 0 Å². The van der Waals surface area contributed by atoms with Gasteiger partial charge in [-0.2, -0.15) is 6.42 Å². The Labute approximate surface area is 71.5 Å². The minimum Gasteiger partial charge on any atom is -0.420 e. The molecule has 1 nitrogen and oxygen atoms in total. The molecular weight excluding hydrogens is 123 g/mol. The van der Waals surface area contributed by atoms with Gasteiger partial charge in [0.25, 0.3) is 0 Å². The van der Waals surface area contributed by atoms with Crippen molar-refractivity contribution in [2.75, 3.05) is 6.61 Å². The van der Waals surface area contributed by atoms with Crippen LogP contribution in [0.5, 0.6) is 0 Å². The first-order valence-electron chi connectivity index (χ1n) is 2.99. The van der Waals surface area contributed by atoms with Crippen molar-refractivity contribution < 1.29 is 23.3 Å². The fraction of sp³-hybridized carbons (Fsp3) is 0.833. The minimum absolute atomic E-state index is 0. The second kappa shape index (κ2) is 5.55. The average Bonchev–Trinajstić information content (AvgIpc) is 1.59. The zero-order valence-corrected chi connectivity index (χ0v) is 8.03. The summed E-state index contributed by atoms with van der Waals surface area (Å²) < 4.78 is 5.45. The number of hydrogen-bond donors (Lipinski definition) is 0. The summed E-state index contributed by atoms with van der Waals surface area (Å²) in [6, 6.07) is 0. The standard InChI is InChI=1S/C6H15OSi.Li/c1-5-6-7-8(2,3)4;/h1,5-6H2,2-4H3;/q-1;+1. The van der Waals surface area contributed by atoms with E-state index in [-0.39, 0.29) is 18.9 Å². The van der Waals surface area contributed by atoms with E-state index in [9.17, 15) is 0 Å². The van der Waals surface area contributed by atoms with Crippen LogP contribution in [0.2, 0.25) is 19.6 Å². The van der Waals surface area contributed by atoms with Gasteiger partial charge >= 0.3 is 18.9 Å². The molecule has 0 N–H and O–H groups in total. The smallest absolute Gasteiger partial charge is 0.420 e. The van der Waals surface area contributed by atoms with Crippen molar-refractivity contribution in [3.05, 3.63) is 6.92 Å². The van der Waals surface area contributed by atoms with E-state index in [1.54, 1.807) is 0 Å². The topological polar surface area (TPSA) is 9.23 Å². The van der Waals surface area contributed by atoms with Gasteiger partial charge in [0.1, 0.15) is 0 Å². The molecule has 0 heterocycles. The summed E-state index contributed by atoms with van der Waals surface area (Å²) in [7, 11) is -1.22. The van der Waals surface area contributed by atoms with E-state index in [0.717, 1.165) is 13.0 Å². The van der Waals surface area contributed by atoms with E-state index in [1.807, 2.05) is 0 Å². The molecule has 0 bridgehead atoms. The van der Waals surface area contributed by atoms with E-state index < -0.39 is 8.32 Å². The Balaban J connectivity index is 0. The van der Waals surface area contributed by atoms with Crippen molar-refractivity contribution in [3.8, 4) is 0 Å². The summed E-state index contributed by atoms with van der Waals surface area (Å²) in [5.74, 6) is 0. The molecule has 3 heteroatoms. The molecule has 0 saturated heterocycles. The molecular formula is C6H15LiOSi. The number of hydrogen-bond acceptors (Lipinski definition) is 1. The summed E-state index contributed by atoms with van der Waals surface area (Å²) in [4.78, 5) is 0. The Morgan fingerprint density at radius 3 is 1.89 bits per heavy atom. The van der Waals surface area contributed by atoms with Crippen LogP contribution in [0.3, 0.4) is 0 Å². The predicted molar refractivity (Wildman–Crippen MR) is 39.3 cm³/mol. The van der Waals surface area contributed by atoms with Crippen LogP contribution in [0.25, 0.3) is 0 Å².